The molecular weight excluding hydrogens is 466 g/mol. The van der Waals surface area contributed by atoms with E-state index in [0.717, 1.165) is 21.3 Å². The fourth-order valence-electron chi connectivity index (χ4n) is 2.64. The minimum absolute atomic E-state index is 0.126. The lowest BCUT2D eigenvalue weighted by molar-refractivity contribution is -0.113. The topological polar surface area (TPSA) is 88.9 Å². The van der Waals surface area contributed by atoms with Gasteiger partial charge in [0.15, 0.2) is 11.0 Å². The van der Waals surface area contributed by atoms with Crippen LogP contribution in [0.1, 0.15) is 27.3 Å². The summed E-state index contributed by atoms with van der Waals surface area (Å²) in [5.41, 5.74) is 3.49. The standard InChI is InChI=1S/C21H22BrN5O2S/c1-13-4-6-15(7-5-13)20(29)23-11-18-25-26-21(27(18)3)30-12-19(28)24-16-8-9-17(22)14(2)10-16/h4-10H,11-12H2,1-3H3,(H,23,29)(H,24,28). The molecule has 0 bridgehead atoms. The molecule has 156 valence electrons. The highest BCUT2D eigenvalue weighted by atomic mass is 79.9. The van der Waals surface area contributed by atoms with E-state index in [-0.39, 0.29) is 24.1 Å². The number of rotatable bonds is 7. The number of thioether (sulfide) groups is 1. The summed E-state index contributed by atoms with van der Waals surface area (Å²) >= 11 is 4.73. The third kappa shape index (κ3) is 5.70. The molecule has 0 radical (unpaired) electrons. The number of benzene rings is 2. The first-order chi connectivity index (χ1) is 14.3. The number of nitrogens with zero attached hydrogens (tertiary/aromatic N) is 3. The van der Waals surface area contributed by atoms with Crippen molar-refractivity contribution < 1.29 is 9.59 Å². The number of nitrogens with one attached hydrogen (secondary N) is 2. The molecule has 9 heteroatoms. The number of carbonyl (C=O) groups excluding carboxylic acids is 2. The molecule has 0 aliphatic rings. The van der Waals surface area contributed by atoms with Crippen LogP contribution in [0, 0.1) is 13.8 Å². The van der Waals surface area contributed by atoms with Gasteiger partial charge in [0.2, 0.25) is 5.91 Å². The SMILES string of the molecule is Cc1ccc(C(=O)NCc2nnc(SCC(=O)Nc3ccc(Br)c(C)c3)n2C)cc1. The molecule has 0 aliphatic carbocycles. The van der Waals surface area contributed by atoms with Gasteiger partial charge in [-0.25, -0.2) is 0 Å². The van der Waals surface area contributed by atoms with E-state index in [0.29, 0.717) is 16.5 Å². The number of anilines is 1. The van der Waals surface area contributed by atoms with Crippen LogP contribution in [0.15, 0.2) is 52.1 Å². The Bertz CT molecular complexity index is 1070. The lowest BCUT2D eigenvalue weighted by Gasteiger charge is -2.08. The van der Waals surface area contributed by atoms with E-state index in [1.54, 1.807) is 16.7 Å². The number of carbonyl (C=O) groups is 2. The summed E-state index contributed by atoms with van der Waals surface area (Å²) in [6.45, 7) is 4.19. The number of hydrogen-bond donors (Lipinski definition) is 2. The number of aromatic nitrogens is 3. The molecule has 1 heterocycles. The van der Waals surface area contributed by atoms with E-state index < -0.39 is 0 Å². The summed E-state index contributed by atoms with van der Waals surface area (Å²) < 4.78 is 2.77. The van der Waals surface area contributed by atoms with Crippen LogP contribution in [0.5, 0.6) is 0 Å². The first-order valence-electron chi connectivity index (χ1n) is 9.25. The molecule has 3 rings (SSSR count). The van der Waals surface area contributed by atoms with Crippen LogP contribution in [0.3, 0.4) is 0 Å². The number of aryl methyl sites for hydroxylation is 2. The monoisotopic (exact) mass is 487 g/mol. The highest BCUT2D eigenvalue weighted by molar-refractivity contribution is 9.10. The van der Waals surface area contributed by atoms with Gasteiger partial charge >= 0.3 is 0 Å². The minimum Gasteiger partial charge on any atom is -0.345 e. The Balaban J connectivity index is 1.52. The molecule has 0 saturated heterocycles. The molecule has 0 fully saturated rings. The van der Waals surface area contributed by atoms with E-state index >= 15 is 0 Å². The predicted molar refractivity (Wildman–Crippen MR) is 122 cm³/mol. The second-order valence-corrected chi connectivity index (χ2v) is 8.60. The maximum atomic E-state index is 12.3. The highest BCUT2D eigenvalue weighted by Crippen LogP contribution is 2.21. The van der Waals surface area contributed by atoms with Crippen LogP contribution in [-0.2, 0) is 18.4 Å². The molecule has 3 aromatic rings. The van der Waals surface area contributed by atoms with Crippen molar-refractivity contribution in [3.8, 4) is 0 Å². The molecule has 1 aromatic heterocycles. The molecule has 2 amide bonds. The lowest BCUT2D eigenvalue weighted by Crippen LogP contribution is -2.24. The van der Waals surface area contributed by atoms with Crippen LogP contribution in [-0.4, -0.2) is 32.3 Å². The van der Waals surface area contributed by atoms with Crippen molar-refractivity contribution >= 4 is 45.2 Å². The van der Waals surface area contributed by atoms with E-state index in [1.807, 2.05) is 51.2 Å². The average Bonchev–Trinajstić information content (AvgIpc) is 3.07. The highest BCUT2D eigenvalue weighted by Gasteiger charge is 2.13. The second kappa shape index (κ2) is 9.90. The maximum absolute atomic E-state index is 12.3. The van der Waals surface area contributed by atoms with Gasteiger partial charge < -0.3 is 15.2 Å². The van der Waals surface area contributed by atoms with Crippen molar-refractivity contribution in [1.29, 1.82) is 0 Å². The molecule has 30 heavy (non-hydrogen) atoms. The van der Waals surface area contributed by atoms with Crippen molar-refractivity contribution in [2.75, 3.05) is 11.1 Å². The quantitative estimate of drug-likeness (QED) is 0.494. The van der Waals surface area contributed by atoms with Gasteiger partial charge in [0.05, 0.1) is 12.3 Å². The Morgan fingerprint density at radius 1 is 1.10 bits per heavy atom. The summed E-state index contributed by atoms with van der Waals surface area (Å²) in [6.07, 6.45) is 0. The molecule has 2 aromatic carbocycles. The molecule has 0 aliphatic heterocycles. The summed E-state index contributed by atoms with van der Waals surface area (Å²) in [7, 11) is 1.81. The van der Waals surface area contributed by atoms with Gasteiger partial charge in [-0.05, 0) is 49.7 Å². The van der Waals surface area contributed by atoms with Gasteiger partial charge in [0.1, 0.15) is 0 Å². The summed E-state index contributed by atoms with van der Waals surface area (Å²) in [5.74, 6) is 0.522. The molecule has 0 spiro atoms. The van der Waals surface area contributed by atoms with E-state index in [2.05, 4.69) is 36.8 Å². The van der Waals surface area contributed by atoms with E-state index in [4.69, 9.17) is 0 Å². The average molecular weight is 488 g/mol. The molecule has 0 saturated carbocycles. The normalized spacial score (nSPS) is 10.7. The van der Waals surface area contributed by atoms with Crippen molar-refractivity contribution in [3.05, 3.63) is 69.5 Å². The molecule has 2 N–H and O–H groups in total. The third-order valence-electron chi connectivity index (χ3n) is 4.42. The lowest BCUT2D eigenvalue weighted by atomic mass is 10.1. The van der Waals surface area contributed by atoms with Gasteiger partial charge in [-0.1, -0.05) is 45.4 Å². The Morgan fingerprint density at radius 3 is 2.53 bits per heavy atom. The summed E-state index contributed by atoms with van der Waals surface area (Å²) in [6, 6.07) is 13.0. The van der Waals surface area contributed by atoms with Crippen LogP contribution >= 0.6 is 27.7 Å². The van der Waals surface area contributed by atoms with Crippen molar-refractivity contribution in [3.63, 3.8) is 0 Å². The number of amides is 2. The Hall–Kier alpha value is -2.65. The Kier molecular flexibility index (Phi) is 7.28. The third-order valence-corrected chi connectivity index (χ3v) is 6.33. The fourth-order valence-corrected chi connectivity index (χ4v) is 3.62. The van der Waals surface area contributed by atoms with Gasteiger partial charge in [-0.15, -0.1) is 10.2 Å². The van der Waals surface area contributed by atoms with E-state index in [1.165, 1.54) is 11.8 Å². The van der Waals surface area contributed by atoms with Crippen molar-refractivity contribution in [2.45, 2.75) is 25.5 Å². The van der Waals surface area contributed by atoms with Crippen LogP contribution in [0.25, 0.3) is 0 Å². The largest absolute Gasteiger partial charge is 0.345 e. The van der Waals surface area contributed by atoms with Crippen LogP contribution < -0.4 is 10.6 Å². The molecule has 0 unspecified atom stereocenters. The minimum atomic E-state index is -0.170. The smallest absolute Gasteiger partial charge is 0.251 e. The molecular formula is C21H22BrN5O2S. The predicted octanol–water partition coefficient (Wildman–Crippen LogP) is 3.86. The zero-order valence-electron chi connectivity index (χ0n) is 16.9. The van der Waals surface area contributed by atoms with Crippen LogP contribution in [0.2, 0.25) is 0 Å². The summed E-state index contributed by atoms with van der Waals surface area (Å²) in [5, 5.41) is 14.6. The number of hydrogen-bond acceptors (Lipinski definition) is 5. The second-order valence-electron chi connectivity index (χ2n) is 6.81. The fraction of sp³-hybridized carbons (Fsp3) is 0.238. The van der Waals surface area contributed by atoms with Gasteiger partial charge in [-0.2, -0.15) is 0 Å². The number of halogens is 1. The van der Waals surface area contributed by atoms with Crippen molar-refractivity contribution in [2.24, 2.45) is 7.05 Å². The molecule has 7 nitrogen and oxygen atoms in total. The first-order valence-corrected chi connectivity index (χ1v) is 11.0. The maximum Gasteiger partial charge on any atom is 0.251 e. The first kappa shape index (κ1) is 22.0. The van der Waals surface area contributed by atoms with Crippen molar-refractivity contribution in [1.82, 2.24) is 20.1 Å². The molecule has 0 atom stereocenters. The van der Waals surface area contributed by atoms with Crippen LogP contribution in [0.4, 0.5) is 5.69 Å². The van der Waals surface area contributed by atoms with Gasteiger partial charge in [-0.3, -0.25) is 9.59 Å². The zero-order valence-corrected chi connectivity index (χ0v) is 19.3. The van der Waals surface area contributed by atoms with E-state index in [9.17, 15) is 9.59 Å². The van der Waals surface area contributed by atoms with Gasteiger partial charge in [0.25, 0.3) is 5.91 Å². The van der Waals surface area contributed by atoms with Gasteiger partial charge in [0, 0.05) is 22.8 Å². The Labute approximate surface area is 187 Å². The summed E-state index contributed by atoms with van der Waals surface area (Å²) in [4.78, 5) is 24.5. The Morgan fingerprint density at radius 2 is 1.83 bits per heavy atom. The zero-order chi connectivity index (χ0) is 21.7.